The van der Waals surface area contributed by atoms with Crippen molar-refractivity contribution in [3.63, 3.8) is 0 Å². The summed E-state index contributed by atoms with van der Waals surface area (Å²) in [6.07, 6.45) is -0.137. The van der Waals surface area contributed by atoms with E-state index in [1.807, 2.05) is 0 Å². The number of hydrogen-bond acceptors (Lipinski definition) is 7. The molecule has 0 aliphatic carbocycles. The molecule has 2 heterocycles. The van der Waals surface area contributed by atoms with Crippen LogP contribution in [-0.4, -0.2) is 70.2 Å². The number of rotatable bonds is 13. The van der Waals surface area contributed by atoms with E-state index in [0.717, 1.165) is 41.6 Å². The quantitative estimate of drug-likeness (QED) is 0.135. The van der Waals surface area contributed by atoms with Gasteiger partial charge < -0.3 is 33.5 Å². The van der Waals surface area contributed by atoms with Crippen molar-refractivity contribution < 1.29 is 33.5 Å². The summed E-state index contributed by atoms with van der Waals surface area (Å²) >= 11 is 0. The topological polar surface area (TPSA) is 82.2 Å². The van der Waals surface area contributed by atoms with Crippen LogP contribution in [0.4, 0.5) is 0 Å². The molecular weight excluding hydrogens is 725 g/mol. The largest absolute Gasteiger partial charge is 0.490 e. The molecule has 7 heteroatoms. The third-order valence-electron chi connectivity index (χ3n) is 13.6. The first kappa shape index (κ1) is 45.2. The SMILES string of the molecule is COCC(O)COc1c(C)c(C)c(-c2c(C)c(C)c(OCC3CO3)c(C)c2C)c(C)c1C.Cc1c(C)c(C)c(-c2c(C)c(C)c(OCC3CO3)c(C)c2C)c(C)c1C. The van der Waals surface area contributed by atoms with Crippen LogP contribution >= 0.6 is 0 Å². The van der Waals surface area contributed by atoms with Gasteiger partial charge in [0, 0.05) is 7.11 Å². The summed E-state index contributed by atoms with van der Waals surface area (Å²) in [4.78, 5) is 0. The molecule has 0 radical (unpaired) electrons. The molecule has 2 aliphatic heterocycles. The Bertz CT molecular complexity index is 2090. The Kier molecular flexibility index (Phi) is 14.2. The highest BCUT2D eigenvalue weighted by atomic mass is 16.6. The van der Waals surface area contributed by atoms with Crippen LogP contribution < -0.4 is 14.2 Å². The first-order valence-corrected chi connectivity index (χ1v) is 20.9. The molecule has 6 rings (SSSR count). The summed E-state index contributed by atoms with van der Waals surface area (Å²) in [7, 11) is 1.58. The summed E-state index contributed by atoms with van der Waals surface area (Å²) in [6, 6.07) is 0. The molecule has 7 nitrogen and oxygen atoms in total. The Morgan fingerprint density at radius 2 is 0.638 bits per heavy atom. The fraction of sp³-hybridized carbons (Fsp3) is 0.529. The van der Waals surface area contributed by atoms with E-state index in [1.165, 1.54) is 106 Å². The van der Waals surface area contributed by atoms with E-state index >= 15 is 0 Å². The van der Waals surface area contributed by atoms with Gasteiger partial charge in [0.05, 0.1) is 19.8 Å². The second-order valence-corrected chi connectivity index (χ2v) is 17.1. The van der Waals surface area contributed by atoms with Crippen LogP contribution in [0.5, 0.6) is 17.2 Å². The Balaban J connectivity index is 0.000000226. The van der Waals surface area contributed by atoms with Crippen molar-refractivity contribution in [2.75, 3.05) is 46.8 Å². The van der Waals surface area contributed by atoms with Crippen molar-refractivity contribution in [2.24, 2.45) is 0 Å². The Labute approximate surface area is 349 Å². The van der Waals surface area contributed by atoms with Crippen LogP contribution in [-0.2, 0) is 14.2 Å². The molecular formula is C51H70O7. The highest BCUT2D eigenvalue weighted by Crippen LogP contribution is 2.46. The van der Waals surface area contributed by atoms with Crippen LogP contribution in [0.3, 0.4) is 0 Å². The summed E-state index contributed by atoms with van der Waals surface area (Å²) in [6.45, 7) is 40.6. The lowest BCUT2D eigenvalue weighted by molar-refractivity contribution is 0.0322. The first-order chi connectivity index (χ1) is 27.3. The average Bonchev–Trinajstić information content (AvgIpc) is 4.14. The number of benzene rings is 4. The van der Waals surface area contributed by atoms with E-state index in [1.54, 1.807) is 7.11 Å². The van der Waals surface area contributed by atoms with Gasteiger partial charge in [0.25, 0.3) is 0 Å². The molecule has 4 aromatic rings. The first-order valence-electron chi connectivity index (χ1n) is 20.9. The third kappa shape index (κ3) is 8.84. The zero-order chi connectivity index (χ0) is 43.1. The van der Waals surface area contributed by atoms with Gasteiger partial charge in [-0.05, 0) is 235 Å². The lowest BCUT2D eigenvalue weighted by Crippen LogP contribution is -2.23. The molecule has 0 aromatic heterocycles. The molecule has 0 saturated carbocycles. The summed E-state index contributed by atoms with van der Waals surface area (Å²) < 4.78 is 34.0. The summed E-state index contributed by atoms with van der Waals surface area (Å²) in [5.41, 5.74) is 27.0. The molecule has 3 unspecified atom stereocenters. The molecule has 0 spiro atoms. The highest BCUT2D eigenvalue weighted by Gasteiger charge is 2.28. The highest BCUT2D eigenvalue weighted by molar-refractivity contribution is 5.84. The second-order valence-electron chi connectivity index (χ2n) is 17.1. The van der Waals surface area contributed by atoms with E-state index in [-0.39, 0.29) is 25.4 Å². The van der Waals surface area contributed by atoms with Crippen molar-refractivity contribution in [1.82, 2.24) is 0 Å². The van der Waals surface area contributed by atoms with Gasteiger partial charge >= 0.3 is 0 Å². The fourth-order valence-corrected chi connectivity index (χ4v) is 8.58. The predicted octanol–water partition coefficient (Wildman–Crippen LogP) is 10.9. The normalized spacial score (nSPS) is 16.2. The second kappa shape index (κ2) is 18.2. The van der Waals surface area contributed by atoms with E-state index in [2.05, 4.69) is 118 Å². The zero-order valence-corrected chi connectivity index (χ0v) is 38.9. The van der Waals surface area contributed by atoms with Crippen LogP contribution in [0.25, 0.3) is 22.3 Å². The summed E-state index contributed by atoms with van der Waals surface area (Å²) in [5.74, 6) is 2.87. The monoisotopic (exact) mass is 795 g/mol. The van der Waals surface area contributed by atoms with Crippen molar-refractivity contribution in [1.29, 1.82) is 0 Å². The van der Waals surface area contributed by atoms with E-state index in [0.29, 0.717) is 13.2 Å². The van der Waals surface area contributed by atoms with Gasteiger partial charge in [-0.15, -0.1) is 0 Å². The number of epoxide rings is 2. The third-order valence-corrected chi connectivity index (χ3v) is 13.6. The van der Waals surface area contributed by atoms with E-state index in [9.17, 15) is 5.11 Å². The average molecular weight is 795 g/mol. The maximum Gasteiger partial charge on any atom is 0.125 e. The van der Waals surface area contributed by atoms with Gasteiger partial charge in [0.2, 0.25) is 0 Å². The molecule has 2 saturated heterocycles. The molecule has 2 fully saturated rings. The number of ether oxygens (including phenoxy) is 6. The maximum absolute atomic E-state index is 10.0. The standard InChI is InChI=1S/C27H38O5.C24H32O2/c1-14-18(5)26(31-11-22(28)10-29-9)19(6)15(2)24(14)25-16(3)20(7)27(21(8)17(25)4)32-13-23-12-30-23;1-12-13(2)15(4)22(16(5)14(12)3)23-17(6)19(8)24(20(9)18(23)7)26-11-21-10-25-21/h22-23,28H,10-13H2,1-9H3;21H,10-11H2,1-9H3. The van der Waals surface area contributed by atoms with Crippen LogP contribution in [0.1, 0.15) is 94.6 Å². The van der Waals surface area contributed by atoms with Gasteiger partial charge in [0.15, 0.2) is 0 Å². The molecule has 3 atom stereocenters. The van der Waals surface area contributed by atoms with Gasteiger partial charge in [-0.25, -0.2) is 0 Å². The van der Waals surface area contributed by atoms with Crippen LogP contribution in [0.15, 0.2) is 0 Å². The Hall–Kier alpha value is -3.88. The molecule has 4 aromatic carbocycles. The number of methoxy groups -OCH3 is 1. The molecule has 58 heavy (non-hydrogen) atoms. The van der Waals surface area contributed by atoms with Gasteiger partial charge in [-0.1, -0.05) is 0 Å². The fourth-order valence-electron chi connectivity index (χ4n) is 8.58. The zero-order valence-electron chi connectivity index (χ0n) is 38.9. The molecule has 2 aliphatic rings. The van der Waals surface area contributed by atoms with Crippen molar-refractivity contribution >= 4 is 0 Å². The van der Waals surface area contributed by atoms with Crippen molar-refractivity contribution in [3.8, 4) is 39.5 Å². The van der Waals surface area contributed by atoms with E-state index in [4.69, 9.17) is 28.4 Å². The Morgan fingerprint density at radius 3 is 0.897 bits per heavy atom. The minimum atomic E-state index is -0.650. The lowest BCUT2D eigenvalue weighted by atomic mass is 9.81. The van der Waals surface area contributed by atoms with Crippen LogP contribution in [0, 0.1) is 118 Å². The van der Waals surface area contributed by atoms with Gasteiger partial charge in [-0.2, -0.15) is 0 Å². The smallest absolute Gasteiger partial charge is 0.125 e. The van der Waals surface area contributed by atoms with Crippen LogP contribution in [0.2, 0.25) is 0 Å². The Morgan fingerprint density at radius 1 is 0.397 bits per heavy atom. The number of aliphatic hydroxyl groups excluding tert-OH is 1. The molecule has 0 bridgehead atoms. The number of hydrogen-bond donors (Lipinski definition) is 1. The van der Waals surface area contributed by atoms with Crippen molar-refractivity contribution in [2.45, 2.75) is 136 Å². The van der Waals surface area contributed by atoms with Gasteiger partial charge in [-0.3, -0.25) is 0 Å². The maximum atomic E-state index is 10.0. The molecule has 1 N–H and O–H groups in total. The molecule has 316 valence electrons. The summed E-state index contributed by atoms with van der Waals surface area (Å²) in [5, 5.41) is 10.0. The predicted molar refractivity (Wildman–Crippen MR) is 238 cm³/mol. The minimum Gasteiger partial charge on any atom is -0.490 e. The van der Waals surface area contributed by atoms with Gasteiger partial charge in [0.1, 0.15) is 55.4 Å². The number of aliphatic hydroxyl groups is 1. The minimum absolute atomic E-state index is 0.209. The van der Waals surface area contributed by atoms with E-state index < -0.39 is 6.10 Å². The lowest BCUT2D eigenvalue weighted by Gasteiger charge is -2.26. The molecule has 0 amide bonds. The van der Waals surface area contributed by atoms with Crippen molar-refractivity contribution in [3.05, 3.63) is 94.6 Å².